The SMILES string of the molecule is N#Cc1ccc(CSc2ccc(C=O)cc2)c(F)c1. The van der Waals surface area contributed by atoms with Crippen LogP contribution in [0.25, 0.3) is 0 Å². The number of carbonyl (C=O) groups is 1. The number of nitrogens with zero attached hydrogens (tertiary/aromatic N) is 1. The number of aldehydes is 1. The van der Waals surface area contributed by atoms with Gasteiger partial charge in [-0.1, -0.05) is 18.2 Å². The van der Waals surface area contributed by atoms with Crippen molar-refractivity contribution in [3.8, 4) is 6.07 Å². The Balaban J connectivity index is 2.05. The Bertz CT molecular complexity index is 632. The molecule has 2 nitrogen and oxygen atoms in total. The number of nitriles is 1. The molecule has 0 spiro atoms. The van der Waals surface area contributed by atoms with Crippen LogP contribution in [0.2, 0.25) is 0 Å². The average Bonchev–Trinajstić information content (AvgIpc) is 2.46. The van der Waals surface area contributed by atoms with Crippen molar-refractivity contribution in [3.63, 3.8) is 0 Å². The number of carbonyl (C=O) groups excluding carboxylic acids is 1. The monoisotopic (exact) mass is 271 g/mol. The number of hydrogen-bond donors (Lipinski definition) is 0. The fourth-order valence-corrected chi connectivity index (χ4v) is 2.42. The van der Waals surface area contributed by atoms with Crippen LogP contribution >= 0.6 is 11.8 Å². The third kappa shape index (κ3) is 3.43. The molecule has 2 aromatic carbocycles. The zero-order valence-corrected chi connectivity index (χ0v) is 10.8. The number of benzene rings is 2. The summed E-state index contributed by atoms with van der Waals surface area (Å²) in [5.41, 5.74) is 1.50. The van der Waals surface area contributed by atoms with E-state index in [1.165, 1.54) is 17.8 Å². The van der Waals surface area contributed by atoms with Gasteiger partial charge in [0.15, 0.2) is 0 Å². The van der Waals surface area contributed by atoms with Crippen LogP contribution < -0.4 is 0 Å². The van der Waals surface area contributed by atoms with Gasteiger partial charge in [-0.25, -0.2) is 4.39 Å². The molecule has 2 rings (SSSR count). The van der Waals surface area contributed by atoms with Gasteiger partial charge in [0.1, 0.15) is 12.1 Å². The van der Waals surface area contributed by atoms with Crippen molar-refractivity contribution in [2.75, 3.05) is 0 Å². The van der Waals surface area contributed by atoms with E-state index in [1.807, 2.05) is 18.2 Å². The highest BCUT2D eigenvalue weighted by atomic mass is 32.2. The van der Waals surface area contributed by atoms with Crippen LogP contribution in [-0.2, 0) is 5.75 Å². The predicted octanol–water partition coefficient (Wildman–Crippen LogP) is 3.80. The van der Waals surface area contributed by atoms with Crippen molar-refractivity contribution in [1.82, 2.24) is 0 Å². The Morgan fingerprint density at radius 1 is 1.21 bits per heavy atom. The Labute approximate surface area is 114 Å². The van der Waals surface area contributed by atoms with Crippen LogP contribution in [0.5, 0.6) is 0 Å². The summed E-state index contributed by atoms with van der Waals surface area (Å²) in [6.45, 7) is 0. The number of thioether (sulfide) groups is 1. The number of halogens is 1. The van der Waals surface area contributed by atoms with E-state index in [-0.39, 0.29) is 5.82 Å². The minimum absolute atomic E-state index is 0.321. The zero-order chi connectivity index (χ0) is 13.7. The lowest BCUT2D eigenvalue weighted by Crippen LogP contribution is -1.89. The molecule has 0 aliphatic carbocycles. The number of rotatable bonds is 4. The standard InChI is InChI=1S/C15H10FNOS/c16-15-7-12(8-17)1-4-13(15)10-19-14-5-2-11(9-18)3-6-14/h1-7,9H,10H2. The number of hydrogen-bond acceptors (Lipinski definition) is 3. The second kappa shape index (κ2) is 6.17. The zero-order valence-electron chi connectivity index (χ0n) is 9.97. The third-order valence-electron chi connectivity index (χ3n) is 2.59. The molecular formula is C15H10FNOS. The van der Waals surface area contributed by atoms with Gasteiger partial charge < -0.3 is 0 Å². The van der Waals surface area contributed by atoms with E-state index in [2.05, 4.69) is 0 Å². The molecule has 0 fully saturated rings. The normalized spacial score (nSPS) is 9.89. The third-order valence-corrected chi connectivity index (χ3v) is 3.65. The van der Waals surface area contributed by atoms with Gasteiger partial charge >= 0.3 is 0 Å². The Morgan fingerprint density at radius 3 is 2.53 bits per heavy atom. The van der Waals surface area contributed by atoms with Crippen LogP contribution in [0.15, 0.2) is 47.4 Å². The van der Waals surface area contributed by atoms with Crippen LogP contribution in [0.1, 0.15) is 21.5 Å². The summed E-state index contributed by atoms with van der Waals surface area (Å²) < 4.78 is 13.6. The molecule has 94 valence electrons. The van der Waals surface area contributed by atoms with Gasteiger partial charge in [0, 0.05) is 16.2 Å². The van der Waals surface area contributed by atoms with Gasteiger partial charge in [-0.2, -0.15) is 5.26 Å². The second-order valence-corrected chi connectivity index (χ2v) is 4.94. The molecule has 0 bridgehead atoms. The fraction of sp³-hybridized carbons (Fsp3) is 0.0667. The minimum Gasteiger partial charge on any atom is -0.298 e. The lowest BCUT2D eigenvalue weighted by atomic mass is 10.1. The maximum Gasteiger partial charge on any atom is 0.150 e. The van der Waals surface area contributed by atoms with Crippen LogP contribution in [-0.4, -0.2) is 6.29 Å². The molecule has 0 saturated carbocycles. The molecule has 0 heterocycles. The van der Waals surface area contributed by atoms with Gasteiger partial charge in [0.2, 0.25) is 0 Å². The van der Waals surface area contributed by atoms with Gasteiger partial charge in [0.25, 0.3) is 0 Å². The van der Waals surface area contributed by atoms with Crippen molar-refractivity contribution >= 4 is 18.0 Å². The van der Waals surface area contributed by atoms with Crippen LogP contribution in [0.3, 0.4) is 0 Å². The van der Waals surface area contributed by atoms with Gasteiger partial charge in [-0.15, -0.1) is 11.8 Å². The highest BCUT2D eigenvalue weighted by molar-refractivity contribution is 7.98. The highest BCUT2D eigenvalue weighted by Crippen LogP contribution is 2.24. The summed E-state index contributed by atoms with van der Waals surface area (Å²) >= 11 is 1.48. The Kier molecular flexibility index (Phi) is 4.32. The van der Waals surface area contributed by atoms with Crippen LogP contribution in [0.4, 0.5) is 4.39 Å². The van der Waals surface area contributed by atoms with Gasteiger partial charge in [-0.3, -0.25) is 4.79 Å². The van der Waals surface area contributed by atoms with Crippen molar-refractivity contribution in [2.24, 2.45) is 0 Å². The van der Waals surface area contributed by atoms with E-state index >= 15 is 0 Å². The Hall–Kier alpha value is -2.12. The first-order valence-electron chi connectivity index (χ1n) is 5.59. The van der Waals surface area contributed by atoms with E-state index in [0.29, 0.717) is 22.4 Å². The summed E-state index contributed by atoms with van der Waals surface area (Å²) in [6.07, 6.45) is 0.786. The Morgan fingerprint density at radius 2 is 1.95 bits per heavy atom. The van der Waals surface area contributed by atoms with Crippen LogP contribution in [0, 0.1) is 17.1 Å². The molecule has 2 aromatic rings. The molecule has 0 saturated heterocycles. The largest absolute Gasteiger partial charge is 0.298 e. The molecule has 0 aliphatic rings. The maximum atomic E-state index is 13.6. The van der Waals surface area contributed by atoms with Crippen molar-refractivity contribution in [1.29, 1.82) is 5.26 Å². The van der Waals surface area contributed by atoms with Crippen molar-refractivity contribution < 1.29 is 9.18 Å². The van der Waals surface area contributed by atoms with E-state index in [4.69, 9.17) is 5.26 Å². The lowest BCUT2D eigenvalue weighted by molar-refractivity contribution is 0.112. The molecule has 0 N–H and O–H groups in total. The molecule has 19 heavy (non-hydrogen) atoms. The molecule has 0 atom stereocenters. The smallest absolute Gasteiger partial charge is 0.150 e. The lowest BCUT2D eigenvalue weighted by Gasteiger charge is -2.04. The van der Waals surface area contributed by atoms with Gasteiger partial charge in [0.05, 0.1) is 11.6 Å². The minimum atomic E-state index is -0.365. The molecule has 0 aliphatic heterocycles. The molecule has 0 radical (unpaired) electrons. The summed E-state index contributed by atoms with van der Waals surface area (Å²) in [6, 6.07) is 13.5. The summed E-state index contributed by atoms with van der Waals surface area (Å²) in [5, 5.41) is 8.66. The summed E-state index contributed by atoms with van der Waals surface area (Å²) in [4.78, 5) is 11.5. The quantitative estimate of drug-likeness (QED) is 0.627. The topological polar surface area (TPSA) is 40.9 Å². The molecule has 0 unspecified atom stereocenters. The first-order valence-corrected chi connectivity index (χ1v) is 6.58. The molecule has 4 heteroatoms. The first-order chi connectivity index (χ1) is 9.22. The average molecular weight is 271 g/mol. The molecule has 0 aromatic heterocycles. The van der Waals surface area contributed by atoms with E-state index in [1.54, 1.807) is 24.3 Å². The van der Waals surface area contributed by atoms with E-state index < -0.39 is 0 Å². The van der Waals surface area contributed by atoms with E-state index in [9.17, 15) is 9.18 Å². The predicted molar refractivity (Wildman–Crippen MR) is 72.5 cm³/mol. The highest BCUT2D eigenvalue weighted by Gasteiger charge is 2.04. The summed E-state index contributed by atoms with van der Waals surface area (Å²) in [5.74, 6) is 0.119. The van der Waals surface area contributed by atoms with E-state index in [0.717, 1.165) is 11.2 Å². The van der Waals surface area contributed by atoms with Crippen molar-refractivity contribution in [3.05, 3.63) is 65.0 Å². The fourth-order valence-electron chi connectivity index (χ4n) is 1.54. The maximum absolute atomic E-state index is 13.6. The second-order valence-electron chi connectivity index (χ2n) is 3.89. The first kappa shape index (κ1) is 13.3. The molecular weight excluding hydrogens is 261 g/mol. The summed E-state index contributed by atoms with van der Waals surface area (Å²) in [7, 11) is 0. The van der Waals surface area contributed by atoms with Gasteiger partial charge in [-0.05, 0) is 29.8 Å². The molecule has 0 amide bonds. The van der Waals surface area contributed by atoms with Crippen molar-refractivity contribution in [2.45, 2.75) is 10.6 Å².